The minimum absolute atomic E-state index is 0.0275. The van der Waals surface area contributed by atoms with Crippen molar-refractivity contribution in [1.82, 2.24) is 5.32 Å². The predicted octanol–water partition coefficient (Wildman–Crippen LogP) is 4.06. The molecule has 1 N–H and O–H groups in total. The van der Waals surface area contributed by atoms with Gasteiger partial charge in [-0.2, -0.15) is 0 Å². The van der Waals surface area contributed by atoms with E-state index in [2.05, 4.69) is 5.32 Å². The minimum Gasteiger partial charge on any atom is -0.493 e. The van der Waals surface area contributed by atoms with E-state index in [1.165, 1.54) is 12.1 Å². The number of nitro benzene ring substituents is 1. The summed E-state index contributed by atoms with van der Waals surface area (Å²) in [5.74, 6) is 0.929. The lowest BCUT2D eigenvalue weighted by Gasteiger charge is -2.36. The Kier molecular flexibility index (Phi) is 5.44. The molecular formula is C23H21N3O5. The molecular weight excluding hydrogens is 398 g/mol. The highest BCUT2D eigenvalue weighted by atomic mass is 16.6. The summed E-state index contributed by atoms with van der Waals surface area (Å²) in [6.45, 7) is 0.216. The van der Waals surface area contributed by atoms with Crippen LogP contribution in [0.15, 0.2) is 66.7 Å². The summed E-state index contributed by atoms with van der Waals surface area (Å²) in [5.41, 5.74) is 3.13. The van der Waals surface area contributed by atoms with E-state index in [1.54, 1.807) is 31.4 Å². The average Bonchev–Trinajstić information content (AvgIpc) is 2.80. The maximum absolute atomic E-state index is 12.6. The maximum Gasteiger partial charge on any atom is 0.269 e. The second kappa shape index (κ2) is 8.35. The smallest absolute Gasteiger partial charge is 0.269 e. The number of hydrogen-bond acceptors (Lipinski definition) is 6. The van der Waals surface area contributed by atoms with E-state index in [0.29, 0.717) is 17.1 Å². The average molecular weight is 419 g/mol. The largest absolute Gasteiger partial charge is 0.493 e. The molecule has 1 heterocycles. The van der Waals surface area contributed by atoms with Gasteiger partial charge in [-0.1, -0.05) is 18.2 Å². The highest BCUT2D eigenvalue weighted by Crippen LogP contribution is 2.36. The van der Waals surface area contributed by atoms with E-state index in [-0.39, 0.29) is 24.4 Å². The third-order valence-electron chi connectivity index (χ3n) is 5.23. The first kappa shape index (κ1) is 20.2. The number of carbonyl (C=O) groups is 1. The summed E-state index contributed by atoms with van der Waals surface area (Å²) in [6.07, 6.45) is -0.366. The van der Waals surface area contributed by atoms with E-state index in [9.17, 15) is 14.9 Å². The molecule has 0 saturated heterocycles. The van der Waals surface area contributed by atoms with Gasteiger partial charge in [0, 0.05) is 19.2 Å². The Morgan fingerprint density at radius 1 is 1.06 bits per heavy atom. The second-order valence-corrected chi connectivity index (χ2v) is 7.13. The number of para-hydroxylation sites is 1. The molecule has 3 aromatic rings. The number of nitrogens with zero attached hydrogens (tertiary/aromatic N) is 2. The number of nitrogens with one attached hydrogen (secondary N) is 1. The van der Waals surface area contributed by atoms with Crippen LogP contribution in [-0.4, -0.2) is 25.0 Å². The first-order chi connectivity index (χ1) is 15.0. The maximum atomic E-state index is 12.6. The molecule has 8 nitrogen and oxygen atoms in total. The van der Waals surface area contributed by atoms with E-state index in [4.69, 9.17) is 9.47 Å². The number of benzene rings is 3. The quantitative estimate of drug-likeness (QED) is 0.478. The summed E-state index contributed by atoms with van der Waals surface area (Å²) >= 11 is 0. The van der Waals surface area contributed by atoms with Crippen molar-refractivity contribution in [3.8, 4) is 11.5 Å². The van der Waals surface area contributed by atoms with Crippen molar-refractivity contribution in [3.63, 3.8) is 0 Å². The Bertz CT molecular complexity index is 1130. The van der Waals surface area contributed by atoms with Crippen LogP contribution in [0.2, 0.25) is 0 Å². The highest BCUT2D eigenvalue weighted by Gasteiger charge is 2.29. The van der Waals surface area contributed by atoms with Gasteiger partial charge >= 0.3 is 0 Å². The molecule has 0 radical (unpaired) electrons. The molecule has 3 aromatic carbocycles. The van der Waals surface area contributed by atoms with Gasteiger partial charge in [0.25, 0.3) is 11.6 Å². The monoisotopic (exact) mass is 419 g/mol. The molecule has 0 bridgehead atoms. The molecule has 1 aliphatic rings. The van der Waals surface area contributed by atoms with E-state index in [0.717, 1.165) is 16.8 Å². The van der Waals surface area contributed by atoms with Gasteiger partial charge in [-0.05, 0) is 47.5 Å². The zero-order valence-corrected chi connectivity index (χ0v) is 17.1. The number of rotatable bonds is 6. The third-order valence-corrected chi connectivity index (χ3v) is 5.23. The van der Waals surface area contributed by atoms with Gasteiger partial charge in [-0.15, -0.1) is 0 Å². The molecule has 0 saturated carbocycles. The molecule has 1 atom stereocenters. The van der Waals surface area contributed by atoms with Crippen molar-refractivity contribution in [2.24, 2.45) is 0 Å². The van der Waals surface area contributed by atoms with Gasteiger partial charge in [0.05, 0.1) is 23.3 Å². The highest BCUT2D eigenvalue weighted by molar-refractivity contribution is 6.02. The molecule has 0 spiro atoms. The lowest BCUT2D eigenvalue weighted by Crippen LogP contribution is -2.44. The summed E-state index contributed by atoms with van der Waals surface area (Å²) in [6, 6.07) is 19.1. The fraction of sp³-hybridized carbons (Fsp3) is 0.174. The first-order valence-electron chi connectivity index (χ1n) is 9.64. The van der Waals surface area contributed by atoms with Gasteiger partial charge < -0.3 is 19.7 Å². The molecule has 4 rings (SSSR count). The molecule has 8 heteroatoms. The van der Waals surface area contributed by atoms with Crippen molar-refractivity contribution in [2.75, 3.05) is 19.1 Å². The SMILES string of the molecule is COc1ccc([C@@H]2NC(=O)c3ccccc3N2C)cc1OCc1ccc([N+](=O)[O-])cc1. The Morgan fingerprint density at radius 3 is 2.52 bits per heavy atom. The molecule has 1 amide bonds. The Balaban J connectivity index is 1.58. The predicted molar refractivity (Wildman–Crippen MR) is 115 cm³/mol. The fourth-order valence-corrected chi connectivity index (χ4v) is 3.57. The van der Waals surface area contributed by atoms with Crippen LogP contribution < -0.4 is 19.7 Å². The number of methoxy groups -OCH3 is 1. The number of amides is 1. The van der Waals surface area contributed by atoms with Gasteiger partial charge in [0.15, 0.2) is 11.5 Å². The summed E-state index contributed by atoms with van der Waals surface area (Å²) in [5, 5.41) is 13.8. The van der Waals surface area contributed by atoms with Gasteiger partial charge in [-0.25, -0.2) is 0 Å². The molecule has 0 fully saturated rings. The van der Waals surface area contributed by atoms with Crippen LogP contribution in [0.5, 0.6) is 11.5 Å². The van der Waals surface area contributed by atoms with Crippen LogP contribution in [0, 0.1) is 10.1 Å². The molecule has 31 heavy (non-hydrogen) atoms. The number of carbonyl (C=O) groups excluding carboxylic acids is 1. The van der Waals surface area contributed by atoms with E-state index < -0.39 is 4.92 Å². The second-order valence-electron chi connectivity index (χ2n) is 7.13. The lowest BCUT2D eigenvalue weighted by molar-refractivity contribution is -0.384. The van der Waals surface area contributed by atoms with Crippen LogP contribution in [0.1, 0.15) is 27.7 Å². The first-order valence-corrected chi connectivity index (χ1v) is 9.64. The Hall–Kier alpha value is -4.07. The Morgan fingerprint density at radius 2 is 1.81 bits per heavy atom. The van der Waals surface area contributed by atoms with E-state index >= 15 is 0 Å². The zero-order valence-electron chi connectivity index (χ0n) is 17.1. The van der Waals surface area contributed by atoms with Gasteiger partial charge in [-0.3, -0.25) is 14.9 Å². The van der Waals surface area contributed by atoms with Gasteiger partial charge in [0.2, 0.25) is 0 Å². The fourth-order valence-electron chi connectivity index (χ4n) is 3.57. The summed E-state index contributed by atoms with van der Waals surface area (Å²) in [7, 11) is 3.48. The summed E-state index contributed by atoms with van der Waals surface area (Å²) in [4.78, 5) is 24.9. The normalized spacial score (nSPS) is 15.1. The van der Waals surface area contributed by atoms with Crippen LogP contribution in [0.3, 0.4) is 0 Å². The minimum atomic E-state index is -0.440. The molecule has 158 valence electrons. The van der Waals surface area contributed by atoms with Crippen molar-refractivity contribution < 1.29 is 19.2 Å². The molecule has 0 unspecified atom stereocenters. The number of hydrogen-bond donors (Lipinski definition) is 1. The van der Waals surface area contributed by atoms with E-state index in [1.807, 2.05) is 42.3 Å². The van der Waals surface area contributed by atoms with Crippen molar-refractivity contribution >= 4 is 17.3 Å². The van der Waals surface area contributed by atoms with Crippen molar-refractivity contribution in [3.05, 3.63) is 93.5 Å². The van der Waals surface area contributed by atoms with Crippen LogP contribution >= 0.6 is 0 Å². The van der Waals surface area contributed by atoms with Crippen molar-refractivity contribution in [2.45, 2.75) is 12.8 Å². The van der Waals surface area contributed by atoms with Crippen molar-refractivity contribution in [1.29, 1.82) is 0 Å². The number of anilines is 1. The topological polar surface area (TPSA) is 93.9 Å². The number of non-ortho nitro benzene ring substituents is 1. The van der Waals surface area contributed by atoms with Gasteiger partial charge in [0.1, 0.15) is 12.8 Å². The third kappa shape index (κ3) is 4.00. The number of ether oxygens (including phenoxy) is 2. The Labute approximate surface area is 179 Å². The zero-order chi connectivity index (χ0) is 22.0. The summed E-state index contributed by atoms with van der Waals surface area (Å²) < 4.78 is 11.4. The molecule has 0 aromatic heterocycles. The molecule has 0 aliphatic carbocycles. The lowest BCUT2D eigenvalue weighted by atomic mass is 10.0. The number of fused-ring (bicyclic) bond motifs is 1. The van der Waals surface area contributed by atoms with Crippen LogP contribution in [0.4, 0.5) is 11.4 Å². The van der Waals surface area contributed by atoms with Crippen LogP contribution in [0.25, 0.3) is 0 Å². The molecule has 1 aliphatic heterocycles. The standard InChI is InChI=1S/C23H21N3O5/c1-25-19-6-4-3-5-18(19)23(27)24-22(25)16-9-12-20(30-2)21(13-16)31-14-15-7-10-17(11-8-15)26(28)29/h3-13,22H,14H2,1-2H3,(H,24,27)/t22-/m1/s1. The number of nitro groups is 1. The van der Waals surface area contributed by atoms with Crippen LogP contribution in [-0.2, 0) is 6.61 Å².